The molecule has 1 aliphatic carbocycles. The lowest BCUT2D eigenvalue weighted by Crippen LogP contribution is -2.21. The molecule has 0 aliphatic heterocycles. The number of hydrogen-bond donors (Lipinski definition) is 1. The number of thiazole rings is 1. The van der Waals surface area contributed by atoms with E-state index in [1.54, 1.807) is 11.3 Å². The smallest absolute Gasteiger partial charge is 0.186 e. The van der Waals surface area contributed by atoms with Crippen molar-refractivity contribution in [1.82, 2.24) is 4.98 Å². The molecule has 106 valence electrons. The Morgan fingerprint density at radius 3 is 2.85 bits per heavy atom. The van der Waals surface area contributed by atoms with Crippen LogP contribution in [0.1, 0.15) is 41.9 Å². The zero-order valence-corrected chi connectivity index (χ0v) is 12.7. The van der Waals surface area contributed by atoms with Crippen molar-refractivity contribution >= 4 is 16.5 Å². The van der Waals surface area contributed by atoms with Crippen LogP contribution in [0.25, 0.3) is 0 Å². The van der Waals surface area contributed by atoms with Crippen molar-refractivity contribution in [2.24, 2.45) is 5.73 Å². The van der Waals surface area contributed by atoms with Crippen LogP contribution in [0.3, 0.4) is 0 Å². The summed E-state index contributed by atoms with van der Waals surface area (Å²) in [5.74, 6) is 0. The Labute approximate surface area is 124 Å². The maximum Gasteiger partial charge on any atom is 0.186 e. The van der Waals surface area contributed by atoms with Gasteiger partial charge >= 0.3 is 0 Å². The van der Waals surface area contributed by atoms with E-state index in [9.17, 15) is 0 Å². The summed E-state index contributed by atoms with van der Waals surface area (Å²) in [6.07, 6.45) is 3.35. The van der Waals surface area contributed by atoms with E-state index in [4.69, 9.17) is 10.7 Å². The van der Waals surface area contributed by atoms with Gasteiger partial charge in [0.05, 0.1) is 5.69 Å². The Balaban J connectivity index is 1.83. The Kier molecular flexibility index (Phi) is 4.03. The zero-order chi connectivity index (χ0) is 13.9. The van der Waals surface area contributed by atoms with Crippen LogP contribution in [0.15, 0.2) is 30.3 Å². The summed E-state index contributed by atoms with van der Waals surface area (Å²) < 4.78 is 0. The summed E-state index contributed by atoms with van der Waals surface area (Å²) >= 11 is 1.79. The molecule has 1 atom stereocenters. The highest BCUT2D eigenvalue weighted by Crippen LogP contribution is 2.36. The predicted molar refractivity (Wildman–Crippen MR) is 85.1 cm³/mol. The van der Waals surface area contributed by atoms with Crippen molar-refractivity contribution in [3.8, 4) is 0 Å². The topological polar surface area (TPSA) is 42.2 Å². The second-order valence-corrected chi connectivity index (χ2v) is 6.31. The van der Waals surface area contributed by atoms with Gasteiger partial charge in [-0.25, -0.2) is 4.98 Å². The number of aryl methyl sites for hydroxylation is 1. The van der Waals surface area contributed by atoms with Gasteiger partial charge in [-0.05, 0) is 31.7 Å². The highest BCUT2D eigenvalue weighted by molar-refractivity contribution is 7.15. The van der Waals surface area contributed by atoms with Gasteiger partial charge in [-0.2, -0.15) is 0 Å². The molecule has 3 rings (SSSR count). The molecule has 0 saturated carbocycles. The van der Waals surface area contributed by atoms with E-state index in [2.05, 4.69) is 42.2 Å². The van der Waals surface area contributed by atoms with Gasteiger partial charge in [-0.3, -0.25) is 0 Å². The third-order valence-electron chi connectivity index (χ3n) is 3.85. The maximum absolute atomic E-state index is 6.21. The quantitative estimate of drug-likeness (QED) is 0.935. The molecule has 20 heavy (non-hydrogen) atoms. The minimum Gasteiger partial charge on any atom is -0.344 e. The lowest BCUT2D eigenvalue weighted by atomic mass is 9.99. The summed E-state index contributed by atoms with van der Waals surface area (Å²) in [7, 11) is 0. The van der Waals surface area contributed by atoms with Gasteiger partial charge in [0, 0.05) is 24.0 Å². The van der Waals surface area contributed by atoms with Crippen molar-refractivity contribution in [2.45, 2.75) is 38.8 Å². The van der Waals surface area contributed by atoms with Crippen LogP contribution in [-0.2, 0) is 13.0 Å². The Morgan fingerprint density at radius 1 is 1.35 bits per heavy atom. The number of fused-ring (bicyclic) bond motifs is 1. The lowest BCUT2D eigenvalue weighted by molar-refractivity contribution is 0.573. The number of benzene rings is 1. The van der Waals surface area contributed by atoms with Crippen LogP contribution in [0.4, 0.5) is 5.13 Å². The molecule has 0 radical (unpaired) electrons. The van der Waals surface area contributed by atoms with E-state index < -0.39 is 0 Å². The molecular formula is C16H21N3S. The second-order valence-electron chi connectivity index (χ2n) is 5.31. The molecule has 1 aliphatic rings. The minimum atomic E-state index is 0.195. The first kappa shape index (κ1) is 13.6. The van der Waals surface area contributed by atoms with Crippen molar-refractivity contribution in [1.29, 1.82) is 0 Å². The van der Waals surface area contributed by atoms with Crippen molar-refractivity contribution in [3.63, 3.8) is 0 Å². The monoisotopic (exact) mass is 287 g/mol. The first-order valence-electron chi connectivity index (χ1n) is 7.32. The summed E-state index contributed by atoms with van der Waals surface area (Å²) in [6.45, 7) is 4.07. The second kappa shape index (κ2) is 5.94. The molecule has 0 fully saturated rings. The Morgan fingerprint density at radius 2 is 2.15 bits per heavy atom. The van der Waals surface area contributed by atoms with E-state index in [0.29, 0.717) is 0 Å². The zero-order valence-electron chi connectivity index (χ0n) is 11.9. The summed E-state index contributed by atoms with van der Waals surface area (Å²) in [4.78, 5) is 8.47. The Bertz CT molecular complexity index is 564. The molecule has 3 nitrogen and oxygen atoms in total. The van der Waals surface area contributed by atoms with Gasteiger partial charge in [0.2, 0.25) is 0 Å². The van der Waals surface area contributed by atoms with Gasteiger partial charge in [0.1, 0.15) is 0 Å². The van der Waals surface area contributed by atoms with Crippen LogP contribution in [0.2, 0.25) is 0 Å². The van der Waals surface area contributed by atoms with Gasteiger partial charge < -0.3 is 10.6 Å². The fourth-order valence-corrected chi connectivity index (χ4v) is 3.90. The fraction of sp³-hybridized carbons (Fsp3) is 0.438. The number of aromatic nitrogens is 1. The van der Waals surface area contributed by atoms with Gasteiger partial charge in [0.15, 0.2) is 5.13 Å². The molecule has 0 amide bonds. The lowest BCUT2D eigenvalue weighted by Gasteiger charge is -2.19. The number of rotatable bonds is 4. The van der Waals surface area contributed by atoms with Crippen LogP contribution in [-0.4, -0.2) is 11.5 Å². The molecule has 1 heterocycles. The normalized spacial score (nSPS) is 17.8. The van der Waals surface area contributed by atoms with Crippen molar-refractivity contribution in [3.05, 3.63) is 46.5 Å². The molecule has 1 aromatic carbocycles. The highest BCUT2D eigenvalue weighted by Gasteiger charge is 2.23. The van der Waals surface area contributed by atoms with E-state index in [-0.39, 0.29) is 6.04 Å². The van der Waals surface area contributed by atoms with Crippen LogP contribution < -0.4 is 10.6 Å². The minimum absolute atomic E-state index is 0.195. The Hall–Kier alpha value is -1.39. The van der Waals surface area contributed by atoms with Crippen LogP contribution in [0.5, 0.6) is 0 Å². The molecule has 4 heteroatoms. The number of nitrogens with two attached hydrogens (primary N) is 1. The van der Waals surface area contributed by atoms with Gasteiger partial charge in [-0.1, -0.05) is 41.7 Å². The number of anilines is 1. The van der Waals surface area contributed by atoms with Crippen LogP contribution in [0, 0.1) is 0 Å². The first-order valence-corrected chi connectivity index (χ1v) is 8.13. The third-order valence-corrected chi connectivity index (χ3v) is 5.14. The highest BCUT2D eigenvalue weighted by atomic mass is 32.1. The van der Waals surface area contributed by atoms with E-state index in [1.807, 2.05) is 0 Å². The number of hydrogen-bond acceptors (Lipinski definition) is 4. The van der Waals surface area contributed by atoms with E-state index in [1.165, 1.54) is 22.6 Å². The molecule has 2 aromatic rings. The molecule has 1 unspecified atom stereocenters. The molecule has 2 N–H and O–H groups in total. The molecule has 0 bridgehead atoms. The van der Waals surface area contributed by atoms with Crippen LogP contribution >= 0.6 is 11.3 Å². The summed E-state index contributed by atoms with van der Waals surface area (Å²) in [5.41, 5.74) is 8.76. The average molecular weight is 287 g/mol. The SMILES string of the molecule is CCN(Cc1ccccc1)c1nc2c(s1)C(N)CCC2. The molecular weight excluding hydrogens is 266 g/mol. The van der Waals surface area contributed by atoms with Crippen molar-refractivity contribution in [2.75, 3.05) is 11.4 Å². The summed E-state index contributed by atoms with van der Waals surface area (Å²) in [5, 5.41) is 1.12. The van der Waals surface area contributed by atoms with E-state index >= 15 is 0 Å². The van der Waals surface area contributed by atoms with E-state index in [0.717, 1.165) is 31.1 Å². The molecule has 0 saturated heterocycles. The average Bonchev–Trinajstić information content (AvgIpc) is 2.91. The number of nitrogens with zero attached hydrogens (tertiary/aromatic N) is 2. The first-order chi connectivity index (χ1) is 9.78. The predicted octanol–water partition coefficient (Wildman–Crippen LogP) is 3.51. The van der Waals surface area contributed by atoms with Gasteiger partial charge in [-0.15, -0.1) is 0 Å². The standard InChI is InChI=1S/C16H21N3S/c1-2-19(11-12-7-4-3-5-8-12)16-18-14-10-6-9-13(17)15(14)20-16/h3-5,7-8,13H,2,6,9-11,17H2,1H3. The van der Waals surface area contributed by atoms with Crippen molar-refractivity contribution < 1.29 is 0 Å². The largest absolute Gasteiger partial charge is 0.344 e. The summed E-state index contributed by atoms with van der Waals surface area (Å²) in [6, 6.07) is 10.8. The third kappa shape index (κ3) is 2.72. The molecule has 0 spiro atoms. The fourth-order valence-electron chi connectivity index (χ4n) is 2.69. The molecule has 1 aromatic heterocycles. The maximum atomic E-state index is 6.21. The van der Waals surface area contributed by atoms with Gasteiger partial charge in [0.25, 0.3) is 0 Å².